The van der Waals surface area contributed by atoms with Gasteiger partial charge in [0.25, 0.3) is 0 Å². The Morgan fingerprint density at radius 3 is 2.65 bits per heavy atom. The van der Waals surface area contributed by atoms with Crippen LogP contribution < -0.4 is 0 Å². The summed E-state index contributed by atoms with van der Waals surface area (Å²) in [5, 5.41) is 0. The number of fused-ring (bicyclic) bond motifs is 1. The molecule has 0 saturated carbocycles. The van der Waals surface area contributed by atoms with Crippen LogP contribution in [0.2, 0.25) is 0 Å². The van der Waals surface area contributed by atoms with Crippen molar-refractivity contribution in [3.8, 4) is 0 Å². The van der Waals surface area contributed by atoms with Gasteiger partial charge < -0.3 is 14.4 Å². The molecule has 2 saturated heterocycles. The number of benzene rings is 1. The van der Waals surface area contributed by atoms with Crippen LogP contribution in [-0.4, -0.2) is 35.8 Å². The summed E-state index contributed by atoms with van der Waals surface area (Å²) >= 11 is 0. The van der Waals surface area contributed by atoms with Gasteiger partial charge in [-0.25, -0.2) is 4.79 Å². The molecule has 3 rings (SSSR count). The maximum absolute atomic E-state index is 12.1. The molecule has 0 bridgehead atoms. The summed E-state index contributed by atoms with van der Waals surface area (Å²) in [6.07, 6.45) is 0.696. The van der Waals surface area contributed by atoms with E-state index in [0.29, 0.717) is 13.1 Å². The first-order valence-electron chi connectivity index (χ1n) is 7.12. The lowest BCUT2D eigenvalue weighted by molar-refractivity contribution is 0.0217. The fourth-order valence-electron chi connectivity index (χ4n) is 2.83. The molecule has 2 aliphatic rings. The van der Waals surface area contributed by atoms with Crippen molar-refractivity contribution in [1.82, 2.24) is 4.90 Å². The average molecular weight is 275 g/mol. The van der Waals surface area contributed by atoms with E-state index in [1.165, 1.54) is 5.56 Å². The largest absolute Gasteiger partial charge is 0.444 e. The summed E-state index contributed by atoms with van der Waals surface area (Å²) in [6.45, 7) is 6.95. The summed E-state index contributed by atoms with van der Waals surface area (Å²) in [4.78, 5) is 13.8. The van der Waals surface area contributed by atoms with Crippen molar-refractivity contribution in [2.24, 2.45) is 0 Å². The van der Waals surface area contributed by atoms with E-state index in [0.717, 1.165) is 6.42 Å². The van der Waals surface area contributed by atoms with Gasteiger partial charge in [0, 0.05) is 13.0 Å². The highest BCUT2D eigenvalue weighted by Crippen LogP contribution is 2.51. The Kier molecular flexibility index (Phi) is 3.01. The third-order valence-corrected chi connectivity index (χ3v) is 3.87. The number of nitrogens with zero attached hydrogens (tertiary/aromatic N) is 1. The van der Waals surface area contributed by atoms with Crippen LogP contribution in [0.25, 0.3) is 0 Å². The normalized spacial score (nSPS) is 28.8. The predicted octanol–water partition coefficient (Wildman–Crippen LogP) is 2.92. The van der Waals surface area contributed by atoms with Crippen molar-refractivity contribution >= 4 is 6.09 Å². The first-order chi connectivity index (χ1) is 9.41. The highest BCUT2D eigenvalue weighted by molar-refractivity contribution is 5.68. The molecule has 0 aromatic heterocycles. The number of epoxide rings is 1. The smallest absolute Gasteiger partial charge is 0.410 e. The molecule has 0 aliphatic carbocycles. The molecule has 0 unspecified atom stereocenters. The Morgan fingerprint density at radius 1 is 1.35 bits per heavy atom. The lowest BCUT2D eigenvalue weighted by atomic mass is 9.89. The summed E-state index contributed by atoms with van der Waals surface area (Å²) in [5.41, 5.74) is 0.601. The molecule has 1 amide bonds. The Labute approximate surface area is 119 Å². The van der Waals surface area contributed by atoms with Crippen molar-refractivity contribution in [3.63, 3.8) is 0 Å². The highest BCUT2D eigenvalue weighted by atomic mass is 16.6. The van der Waals surface area contributed by atoms with Crippen LogP contribution >= 0.6 is 0 Å². The Balaban J connectivity index is 1.65. The molecule has 20 heavy (non-hydrogen) atoms. The van der Waals surface area contributed by atoms with Gasteiger partial charge in [0.1, 0.15) is 17.3 Å². The molecule has 4 heteroatoms. The second-order valence-corrected chi connectivity index (χ2v) is 6.54. The molecule has 0 radical (unpaired) electrons. The van der Waals surface area contributed by atoms with Crippen LogP contribution in [0.1, 0.15) is 32.8 Å². The van der Waals surface area contributed by atoms with Gasteiger partial charge in [0.2, 0.25) is 0 Å². The van der Waals surface area contributed by atoms with Crippen molar-refractivity contribution in [2.75, 3.05) is 13.1 Å². The molecule has 0 N–H and O–H groups in total. The maximum atomic E-state index is 12.1. The van der Waals surface area contributed by atoms with Crippen molar-refractivity contribution in [2.45, 2.75) is 44.5 Å². The van der Waals surface area contributed by atoms with Crippen LogP contribution in [0.15, 0.2) is 30.3 Å². The third kappa shape index (κ3) is 2.40. The fraction of sp³-hybridized carbons (Fsp3) is 0.562. The zero-order valence-corrected chi connectivity index (χ0v) is 12.3. The van der Waals surface area contributed by atoms with E-state index in [1.54, 1.807) is 4.90 Å². The molecule has 0 spiro atoms. The van der Waals surface area contributed by atoms with Crippen molar-refractivity contribution < 1.29 is 14.3 Å². The van der Waals surface area contributed by atoms with Gasteiger partial charge in [0.05, 0.1) is 6.54 Å². The number of carbonyl (C=O) groups is 1. The summed E-state index contributed by atoms with van der Waals surface area (Å²) in [6, 6.07) is 10.3. The summed E-state index contributed by atoms with van der Waals surface area (Å²) in [7, 11) is 0. The number of likely N-dealkylation sites (tertiary alicyclic amines) is 1. The van der Waals surface area contributed by atoms with Crippen molar-refractivity contribution in [1.29, 1.82) is 0 Å². The van der Waals surface area contributed by atoms with Gasteiger partial charge in [-0.05, 0) is 26.3 Å². The average Bonchev–Trinajstić information content (AvgIpc) is 3.12. The first-order valence-corrected chi connectivity index (χ1v) is 7.12. The zero-order valence-electron chi connectivity index (χ0n) is 12.3. The second-order valence-electron chi connectivity index (χ2n) is 6.54. The number of ether oxygens (including phenoxy) is 2. The Morgan fingerprint density at radius 2 is 2.05 bits per heavy atom. The van der Waals surface area contributed by atoms with Gasteiger partial charge in [0.15, 0.2) is 0 Å². The second kappa shape index (κ2) is 4.48. The van der Waals surface area contributed by atoms with E-state index in [-0.39, 0.29) is 17.8 Å². The minimum atomic E-state index is -0.449. The third-order valence-electron chi connectivity index (χ3n) is 3.87. The molecule has 108 valence electrons. The molecule has 2 fully saturated rings. The summed E-state index contributed by atoms with van der Waals surface area (Å²) < 4.78 is 11.3. The van der Waals surface area contributed by atoms with E-state index < -0.39 is 5.60 Å². The molecule has 1 aromatic carbocycles. The van der Waals surface area contributed by atoms with Crippen LogP contribution in [-0.2, 0) is 15.1 Å². The SMILES string of the molecule is CC(C)(C)OC(=O)N1CC[C@@]2(c3ccccc3)O[C@@H]2C1. The maximum Gasteiger partial charge on any atom is 0.410 e. The topological polar surface area (TPSA) is 42.1 Å². The van der Waals surface area contributed by atoms with Crippen LogP contribution in [0.3, 0.4) is 0 Å². The quantitative estimate of drug-likeness (QED) is 0.740. The van der Waals surface area contributed by atoms with E-state index in [9.17, 15) is 4.79 Å². The molecule has 2 atom stereocenters. The molecular formula is C16H21NO3. The Hall–Kier alpha value is -1.55. The first kappa shape index (κ1) is 13.4. The molecule has 1 aromatic rings. The number of piperidine rings is 1. The van der Waals surface area contributed by atoms with Crippen molar-refractivity contribution in [3.05, 3.63) is 35.9 Å². The molecule has 4 nitrogen and oxygen atoms in total. The van der Waals surface area contributed by atoms with E-state index in [1.807, 2.05) is 39.0 Å². The standard InChI is InChI=1S/C16H21NO3/c1-15(2,3)20-14(18)17-10-9-16(13(11-17)19-16)12-7-5-4-6-8-12/h4-8,13H,9-11H2,1-3H3/t13-,16+/m1/s1. The number of carbonyl (C=O) groups excluding carboxylic acids is 1. The number of rotatable bonds is 1. The minimum absolute atomic E-state index is 0.103. The van der Waals surface area contributed by atoms with E-state index >= 15 is 0 Å². The van der Waals surface area contributed by atoms with Crippen LogP contribution in [0, 0.1) is 0 Å². The van der Waals surface area contributed by atoms with Gasteiger partial charge in [-0.3, -0.25) is 0 Å². The monoisotopic (exact) mass is 275 g/mol. The fourth-order valence-corrected chi connectivity index (χ4v) is 2.83. The summed E-state index contributed by atoms with van der Waals surface area (Å²) in [5.74, 6) is 0. The van der Waals surface area contributed by atoms with E-state index in [4.69, 9.17) is 9.47 Å². The van der Waals surface area contributed by atoms with E-state index in [2.05, 4.69) is 12.1 Å². The predicted molar refractivity (Wildman–Crippen MR) is 75.4 cm³/mol. The van der Waals surface area contributed by atoms with Crippen LogP contribution in [0.5, 0.6) is 0 Å². The molecule has 2 heterocycles. The van der Waals surface area contributed by atoms with Gasteiger partial charge >= 0.3 is 6.09 Å². The van der Waals surface area contributed by atoms with Gasteiger partial charge in [-0.1, -0.05) is 30.3 Å². The van der Waals surface area contributed by atoms with Gasteiger partial charge in [-0.2, -0.15) is 0 Å². The highest BCUT2D eigenvalue weighted by Gasteiger charge is 2.60. The lowest BCUT2D eigenvalue weighted by Crippen LogP contribution is -2.44. The van der Waals surface area contributed by atoms with Crippen LogP contribution in [0.4, 0.5) is 4.79 Å². The number of hydrogen-bond acceptors (Lipinski definition) is 3. The number of hydrogen-bond donors (Lipinski definition) is 0. The minimum Gasteiger partial charge on any atom is -0.444 e. The zero-order chi connectivity index (χ0) is 14.4. The molecule has 2 aliphatic heterocycles. The number of amides is 1. The Bertz CT molecular complexity index is 508. The lowest BCUT2D eigenvalue weighted by Gasteiger charge is -2.31. The molecular weight excluding hydrogens is 254 g/mol. The van der Waals surface area contributed by atoms with Gasteiger partial charge in [-0.15, -0.1) is 0 Å².